The Bertz CT molecular complexity index is 366. The van der Waals surface area contributed by atoms with Crippen molar-refractivity contribution in [2.24, 2.45) is 0 Å². The zero-order valence-corrected chi connectivity index (χ0v) is 13.4. The van der Waals surface area contributed by atoms with Crippen molar-refractivity contribution in [1.82, 2.24) is 0 Å². The number of rotatable bonds is 11. The van der Waals surface area contributed by atoms with Gasteiger partial charge in [0, 0.05) is 25.7 Å². The van der Waals surface area contributed by atoms with Crippen LogP contribution in [-0.4, -0.2) is 26.4 Å². The lowest BCUT2D eigenvalue weighted by Gasteiger charge is -2.05. The van der Waals surface area contributed by atoms with E-state index < -0.39 is 0 Å². The van der Waals surface area contributed by atoms with Crippen LogP contribution in [0.25, 0.3) is 0 Å². The smallest absolute Gasteiger partial charge is 0.178 e. The highest BCUT2D eigenvalue weighted by molar-refractivity contribution is 5.08. The van der Waals surface area contributed by atoms with Gasteiger partial charge < -0.3 is 9.47 Å². The summed E-state index contributed by atoms with van der Waals surface area (Å²) in [6.07, 6.45) is 7.16. The van der Waals surface area contributed by atoms with Crippen molar-refractivity contribution in [1.29, 1.82) is 0 Å². The minimum Gasteiger partial charge on any atom is -0.379 e. The minimum absolute atomic E-state index is 0.694. The highest BCUT2D eigenvalue weighted by atomic mass is 16.5. The largest absolute Gasteiger partial charge is 0.379 e. The molecular formula is C17H30NO2+. The second kappa shape index (κ2) is 10.8. The van der Waals surface area contributed by atoms with Crippen LogP contribution in [0, 0.1) is 13.8 Å². The van der Waals surface area contributed by atoms with Gasteiger partial charge in [0.05, 0.1) is 13.2 Å². The number of ether oxygens (including phenoxy) is 2. The summed E-state index contributed by atoms with van der Waals surface area (Å²) >= 11 is 0. The number of unbranched alkanes of at least 4 members (excludes halogenated alkanes) is 3. The molecule has 0 aliphatic carbocycles. The van der Waals surface area contributed by atoms with Crippen molar-refractivity contribution >= 4 is 0 Å². The maximum Gasteiger partial charge on any atom is 0.178 e. The molecule has 0 fully saturated rings. The predicted octanol–water partition coefficient (Wildman–Crippen LogP) is 3.20. The molecule has 0 radical (unpaired) electrons. The second-order valence-electron chi connectivity index (χ2n) is 5.32. The van der Waals surface area contributed by atoms with Crippen LogP contribution in [0.1, 0.15) is 43.9 Å². The Balaban J connectivity index is 1.97. The lowest BCUT2D eigenvalue weighted by atomic mass is 10.2. The lowest BCUT2D eigenvalue weighted by Crippen LogP contribution is -2.38. The molecule has 0 bridgehead atoms. The molecule has 0 spiro atoms. The van der Waals surface area contributed by atoms with Crippen LogP contribution >= 0.6 is 0 Å². The topological polar surface area (TPSA) is 22.3 Å². The van der Waals surface area contributed by atoms with E-state index in [1.165, 1.54) is 36.9 Å². The van der Waals surface area contributed by atoms with E-state index in [9.17, 15) is 0 Å². The third-order valence-corrected chi connectivity index (χ3v) is 3.40. The van der Waals surface area contributed by atoms with Crippen molar-refractivity contribution in [3.63, 3.8) is 0 Å². The number of pyridine rings is 1. The van der Waals surface area contributed by atoms with Crippen molar-refractivity contribution < 1.29 is 14.0 Å². The monoisotopic (exact) mass is 280 g/mol. The second-order valence-corrected chi connectivity index (χ2v) is 5.32. The van der Waals surface area contributed by atoms with Gasteiger partial charge in [-0.1, -0.05) is 26.2 Å². The van der Waals surface area contributed by atoms with E-state index in [1.54, 1.807) is 0 Å². The lowest BCUT2D eigenvalue weighted by molar-refractivity contribution is -0.704. The van der Waals surface area contributed by atoms with Crippen LogP contribution in [0.2, 0.25) is 0 Å². The first-order chi connectivity index (χ1) is 9.74. The standard InChI is InChI=1S/C17H30NO2/c1-4-5-6-7-11-19-13-14-20-12-10-18-9-8-16(2)15-17(18)3/h8-9,15H,4-7,10-14H2,1-3H3/q+1. The fraction of sp³-hybridized carbons (Fsp3) is 0.706. The van der Waals surface area contributed by atoms with E-state index in [4.69, 9.17) is 9.47 Å². The predicted molar refractivity (Wildman–Crippen MR) is 81.9 cm³/mol. The molecule has 1 heterocycles. The number of hydrogen-bond acceptors (Lipinski definition) is 2. The summed E-state index contributed by atoms with van der Waals surface area (Å²) in [6, 6.07) is 4.33. The SMILES string of the molecule is CCCCCCOCCOCC[n+]1ccc(C)cc1C. The number of aromatic nitrogens is 1. The van der Waals surface area contributed by atoms with E-state index in [0.29, 0.717) is 13.2 Å². The van der Waals surface area contributed by atoms with Gasteiger partial charge in [-0.2, -0.15) is 0 Å². The molecule has 0 atom stereocenters. The third-order valence-electron chi connectivity index (χ3n) is 3.40. The Morgan fingerprint density at radius 1 is 0.950 bits per heavy atom. The van der Waals surface area contributed by atoms with Gasteiger partial charge in [-0.3, -0.25) is 0 Å². The van der Waals surface area contributed by atoms with Crippen LogP contribution in [0.4, 0.5) is 0 Å². The van der Waals surface area contributed by atoms with E-state index in [-0.39, 0.29) is 0 Å². The summed E-state index contributed by atoms with van der Waals surface area (Å²) in [5.41, 5.74) is 2.58. The van der Waals surface area contributed by atoms with E-state index in [0.717, 1.165) is 19.8 Å². The van der Waals surface area contributed by atoms with Gasteiger partial charge in [0.15, 0.2) is 18.4 Å². The van der Waals surface area contributed by atoms with Crippen LogP contribution in [-0.2, 0) is 16.0 Å². The van der Waals surface area contributed by atoms with Crippen LogP contribution in [0.5, 0.6) is 0 Å². The first-order valence-corrected chi connectivity index (χ1v) is 7.86. The maximum atomic E-state index is 5.60. The molecule has 0 aliphatic heterocycles. The molecule has 0 aliphatic rings. The van der Waals surface area contributed by atoms with Crippen molar-refractivity contribution in [2.75, 3.05) is 26.4 Å². The van der Waals surface area contributed by atoms with Gasteiger partial charge in [-0.05, 0) is 18.9 Å². The van der Waals surface area contributed by atoms with E-state index >= 15 is 0 Å². The molecule has 3 heteroatoms. The maximum absolute atomic E-state index is 5.60. The quantitative estimate of drug-likeness (QED) is 0.459. The zero-order chi connectivity index (χ0) is 14.6. The minimum atomic E-state index is 0.694. The first kappa shape index (κ1) is 17.1. The summed E-state index contributed by atoms with van der Waals surface area (Å²) in [4.78, 5) is 0. The van der Waals surface area contributed by atoms with Crippen molar-refractivity contribution in [3.05, 3.63) is 29.6 Å². The Hall–Kier alpha value is -0.930. The summed E-state index contributed by atoms with van der Waals surface area (Å²) in [5, 5.41) is 0. The Morgan fingerprint density at radius 3 is 2.40 bits per heavy atom. The molecule has 0 N–H and O–H groups in total. The van der Waals surface area contributed by atoms with Gasteiger partial charge in [0.2, 0.25) is 0 Å². The van der Waals surface area contributed by atoms with E-state index in [1.807, 2.05) is 0 Å². The molecule has 114 valence electrons. The van der Waals surface area contributed by atoms with Gasteiger partial charge in [0.1, 0.15) is 6.61 Å². The number of nitrogens with zero attached hydrogens (tertiary/aromatic N) is 1. The third kappa shape index (κ3) is 7.61. The molecule has 20 heavy (non-hydrogen) atoms. The number of aryl methyl sites for hydroxylation is 2. The molecule has 0 saturated carbocycles. The highest BCUT2D eigenvalue weighted by Crippen LogP contribution is 1.99. The normalized spacial score (nSPS) is 10.9. The summed E-state index contributed by atoms with van der Waals surface area (Å²) in [5.74, 6) is 0. The summed E-state index contributed by atoms with van der Waals surface area (Å²) < 4.78 is 13.4. The summed E-state index contributed by atoms with van der Waals surface area (Å²) in [6.45, 7) is 10.4. The Morgan fingerprint density at radius 2 is 1.70 bits per heavy atom. The molecule has 1 aromatic rings. The average Bonchev–Trinajstić information content (AvgIpc) is 2.43. The van der Waals surface area contributed by atoms with Crippen LogP contribution in [0.15, 0.2) is 18.3 Å². The van der Waals surface area contributed by atoms with E-state index in [2.05, 4.69) is 43.7 Å². The van der Waals surface area contributed by atoms with Crippen LogP contribution < -0.4 is 4.57 Å². The average molecular weight is 280 g/mol. The summed E-state index contributed by atoms with van der Waals surface area (Å²) in [7, 11) is 0. The van der Waals surface area contributed by atoms with Gasteiger partial charge in [-0.25, -0.2) is 4.57 Å². The zero-order valence-electron chi connectivity index (χ0n) is 13.4. The Kier molecular flexibility index (Phi) is 9.25. The molecule has 3 nitrogen and oxygen atoms in total. The number of hydrogen-bond donors (Lipinski definition) is 0. The van der Waals surface area contributed by atoms with Crippen molar-refractivity contribution in [2.45, 2.75) is 53.0 Å². The molecule has 0 saturated heterocycles. The molecule has 0 amide bonds. The van der Waals surface area contributed by atoms with Gasteiger partial charge in [-0.15, -0.1) is 0 Å². The molecule has 0 aromatic carbocycles. The molecular weight excluding hydrogens is 250 g/mol. The molecule has 1 aromatic heterocycles. The molecule has 1 rings (SSSR count). The van der Waals surface area contributed by atoms with Gasteiger partial charge >= 0.3 is 0 Å². The molecule has 0 unspecified atom stereocenters. The van der Waals surface area contributed by atoms with Gasteiger partial charge in [0.25, 0.3) is 0 Å². The Labute approximate surface area is 123 Å². The van der Waals surface area contributed by atoms with Crippen molar-refractivity contribution in [3.8, 4) is 0 Å². The first-order valence-electron chi connectivity index (χ1n) is 7.86. The highest BCUT2D eigenvalue weighted by Gasteiger charge is 2.05. The fourth-order valence-corrected chi connectivity index (χ4v) is 2.15. The van der Waals surface area contributed by atoms with Crippen LogP contribution in [0.3, 0.4) is 0 Å². The fourth-order valence-electron chi connectivity index (χ4n) is 2.15.